The highest BCUT2D eigenvalue weighted by molar-refractivity contribution is 7.92. The lowest BCUT2D eigenvalue weighted by Gasteiger charge is -2.32. The van der Waals surface area contributed by atoms with Crippen LogP contribution in [0.3, 0.4) is 0 Å². The number of rotatable bonds is 9. The van der Waals surface area contributed by atoms with Crippen LogP contribution in [-0.2, 0) is 26.2 Å². The van der Waals surface area contributed by atoms with Gasteiger partial charge in [-0.15, -0.1) is 0 Å². The maximum atomic E-state index is 13.6. The van der Waals surface area contributed by atoms with Gasteiger partial charge in [0.1, 0.15) is 12.6 Å². The van der Waals surface area contributed by atoms with E-state index in [1.54, 1.807) is 43.3 Å². The molecule has 1 atom stereocenters. The molecule has 1 fully saturated rings. The van der Waals surface area contributed by atoms with Crippen LogP contribution in [-0.4, -0.2) is 50.0 Å². The number of aryl methyl sites for hydroxylation is 1. The molecule has 1 N–H and O–H groups in total. The molecule has 0 saturated heterocycles. The zero-order valence-electron chi connectivity index (χ0n) is 20.1. The molecule has 1 aliphatic rings. The van der Waals surface area contributed by atoms with Crippen LogP contribution in [0.25, 0.3) is 0 Å². The molecule has 0 aliphatic heterocycles. The van der Waals surface area contributed by atoms with Gasteiger partial charge in [0.15, 0.2) is 0 Å². The summed E-state index contributed by atoms with van der Waals surface area (Å²) in [5, 5.41) is 3.74. The van der Waals surface area contributed by atoms with Gasteiger partial charge in [-0.1, -0.05) is 54.2 Å². The van der Waals surface area contributed by atoms with Crippen molar-refractivity contribution >= 4 is 50.7 Å². The van der Waals surface area contributed by atoms with E-state index >= 15 is 0 Å². The number of anilines is 1. The van der Waals surface area contributed by atoms with Crippen molar-refractivity contribution in [3.8, 4) is 0 Å². The van der Waals surface area contributed by atoms with Crippen LogP contribution in [0.2, 0.25) is 10.0 Å². The standard InChI is InChI=1S/C25H31Cl2N3O4S/c1-17-8-6-11-20(14-17)30(35(3,33)34)16-24(31)29(15-21-22(26)12-7-13-23(21)27)18(2)25(32)28-19-9-4-5-10-19/h6-8,11-14,18-19H,4-5,9-10,15-16H2,1-3H3,(H,28,32)/t18-/m1/s1. The van der Waals surface area contributed by atoms with Gasteiger partial charge in [-0.05, 0) is 56.5 Å². The molecular weight excluding hydrogens is 509 g/mol. The molecule has 10 heteroatoms. The summed E-state index contributed by atoms with van der Waals surface area (Å²) < 4.78 is 26.3. The summed E-state index contributed by atoms with van der Waals surface area (Å²) in [6.07, 6.45) is 4.96. The molecule has 0 aromatic heterocycles. The third-order valence-electron chi connectivity index (χ3n) is 6.23. The first kappa shape index (κ1) is 27.3. The Labute approximate surface area is 217 Å². The Balaban J connectivity index is 1.92. The second-order valence-electron chi connectivity index (χ2n) is 9.00. The molecule has 0 heterocycles. The number of sulfonamides is 1. The first-order chi connectivity index (χ1) is 16.5. The fourth-order valence-electron chi connectivity index (χ4n) is 4.23. The van der Waals surface area contributed by atoms with Crippen molar-refractivity contribution in [2.75, 3.05) is 17.1 Å². The van der Waals surface area contributed by atoms with Crippen LogP contribution in [0, 0.1) is 6.92 Å². The van der Waals surface area contributed by atoms with Crippen LogP contribution < -0.4 is 9.62 Å². The van der Waals surface area contributed by atoms with Crippen LogP contribution in [0.5, 0.6) is 0 Å². The quantitative estimate of drug-likeness (QED) is 0.506. The van der Waals surface area contributed by atoms with E-state index in [1.165, 1.54) is 4.90 Å². The van der Waals surface area contributed by atoms with E-state index in [9.17, 15) is 18.0 Å². The number of nitrogens with one attached hydrogen (secondary N) is 1. The maximum Gasteiger partial charge on any atom is 0.244 e. The average molecular weight is 541 g/mol. The summed E-state index contributed by atoms with van der Waals surface area (Å²) >= 11 is 12.7. The monoisotopic (exact) mass is 539 g/mol. The van der Waals surface area contributed by atoms with Crippen molar-refractivity contribution in [1.29, 1.82) is 0 Å². The van der Waals surface area contributed by atoms with Crippen molar-refractivity contribution in [2.45, 2.75) is 58.2 Å². The minimum absolute atomic E-state index is 0.0397. The highest BCUT2D eigenvalue weighted by Gasteiger charge is 2.32. The predicted octanol–water partition coefficient (Wildman–Crippen LogP) is 4.54. The largest absolute Gasteiger partial charge is 0.352 e. The normalized spacial score (nSPS) is 15.0. The van der Waals surface area contributed by atoms with Gasteiger partial charge in [0.25, 0.3) is 0 Å². The highest BCUT2D eigenvalue weighted by Crippen LogP contribution is 2.27. The number of amides is 2. The SMILES string of the molecule is Cc1cccc(N(CC(=O)N(Cc2c(Cl)cccc2Cl)[C@H](C)C(=O)NC2CCCC2)S(C)(=O)=O)c1. The van der Waals surface area contributed by atoms with E-state index in [1.807, 2.05) is 13.0 Å². The summed E-state index contributed by atoms with van der Waals surface area (Å²) in [7, 11) is -3.78. The Morgan fingerprint density at radius 1 is 1.09 bits per heavy atom. The van der Waals surface area contributed by atoms with Crippen molar-refractivity contribution in [1.82, 2.24) is 10.2 Å². The molecule has 2 amide bonds. The number of hydrogen-bond acceptors (Lipinski definition) is 4. The fraction of sp³-hybridized carbons (Fsp3) is 0.440. The van der Waals surface area contributed by atoms with Gasteiger partial charge in [0.2, 0.25) is 21.8 Å². The van der Waals surface area contributed by atoms with E-state index in [0.717, 1.165) is 41.8 Å². The second-order valence-corrected chi connectivity index (χ2v) is 11.7. The molecule has 0 bridgehead atoms. The summed E-state index contributed by atoms with van der Waals surface area (Å²) in [6, 6.07) is 11.1. The molecule has 3 rings (SSSR count). The zero-order valence-corrected chi connectivity index (χ0v) is 22.5. The Morgan fingerprint density at radius 3 is 2.26 bits per heavy atom. The van der Waals surface area contributed by atoms with Crippen LogP contribution in [0.1, 0.15) is 43.7 Å². The molecule has 0 spiro atoms. The van der Waals surface area contributed by atoms with Crippen molar-refractivity contribution in [3.05, 3.63) is 63.6 Å². The lowest BCUT2D eigenvalue weighted by molar-refractivity contribution is -0.139. The summed E-state index contributed by atoms with van der Waals surface area (Å²) in [5.74, 6) is -0.836. The minimum atomic E-state index is -3.78. The van der Waals surface area contributed by atoms with Gasteiger partial charge in [-0.25, -0.2) is 8.42 Å². The molecule has 35 heavy (non-hydrogen) atoms. The van der Waals surface area contributed by atoms with Gasteiger partial charge in [-0.2, -0.15) is 0 Å². The Bertz CT molecular complexity index is 1160. The minimum Gasteiger partial charge on any atom is -0.352 e. The summed E-state index contributed by atoms with van der Waals surface area (Å²) in [6.45, 7) is 2.96. The number of carbonyl (C=O) groups is 2. The van der Waals surface area contributed by atoms with Gasteiger partial charge in [0.05, 0.1) is 11.9 Å². The van der Waals surface area contributed by atoms with Crippen molar-refractivity contribution in [2.24, 2.45) is 0 Å². The lowest BCUT2D eigenvalue weighted by atomic mass is 10.1. The van der Waals surface area contributed by atoms with Crippen LogP contribution >= 0.6 is 23.2 Å². The molecule has 0 radical (unpaired) electrons. The highest BCUT2D eigenvalue weighted by atomic mass is 35.5. The molecule has 2 aromatic rings. The van der Waals surface area contributed by atoms with Crippen LogP contribution in [0.4, 0.5) is 5.69 Å². The maximum absolute atomic E-state index is 13.6. The number of hydrogen-bond donors (Lipinski definition) is 1. The topological polar surface area (TPSA) is 86.8 Å². The van der Waals surface area contributed by atoms with E-state index in [4.69, 9.17) is 23.2 Å². The van der Waals surface area contributed by atoms with E-state index < -0.39 is 28.5 Å². The van der Waals surface area contributed by atoms with E-state index in [2.05, 4.69) is 5.32 Å². The number of halogens is 2. The molecule has 0 unspecified atom stereocenters. The smallest absolute Gasteiger partial charge is 0.244 e. The predicted molar refractivity (Wildman–Crippen MR) is 140 cm³/mol. The Kier molecular flexibility index (Phi) is 9.07. The molecule has 2 aromatic carbocycles. The average Bonchev–Trinajstić information content (AvgIpc) is 3.29. The van der Waals surface area contributed by atoms with Crippen molar-refractivity contribution < 1.29 is 18.0 Å². The summed E-state index contributed by atoms with van der Waals surface area (Å²) in [5.41, 5.74) is 1.72. The third-order valence-corrected chi connectivity index (χ3v) is 8.08. The fourth-order valence-corrected chi connectivity index (χ4v) is 5.58. The molecule has 190 valence electrons. The Hall–Kier alpha value is -2.29. The van der Waals surface area contributed by atoms with E-state index in [0.29, 0.717) is 21.3 Å². The van der Waals surface area contributed by atoms with Gasteiger partial charge in [-0.3, -0.25) is 13.9 Å². The van der Waals surface area contributed by atoms with Gasteiger partial charge >= 0.3 is 0 Å². The number of nitrogens with zero attached hydrogens (tertiary/aromatic N) is 2. The number of carbonyl (C=O) groups excluding carboxylic acids is 2. The molecule has 7 nitrogen and oxygen atoms in total. The lowest BCUT2D eigenvalue weighted by Crippen LogP contribution is -2.52. The van der Waals surface area contributed by atoms with Gasteiger partial charge < -0.3 is 10.2 Å². The number of benzene rings is 2. The van der Waals surface area contributed by atoms with Gasteiger partial charge in [0, 0.05) is 28.2 Å². The third kappa shape index (κ3) is 7.12. The van der Waals surface area contributed by atoms with Crippen molar-refractivity contribution in [3.63, 3.8) is 0 Å². The van der Waals surface area contributed by atoms with Crippen LogP contribution in [0.15, 0.2) is 42.5 Å². The summed E-state index contributed by atoms with van der Waals surface area (Å²) in [4.78, 5) is 28.1. The Morgan fingerprint density at radius 2 is 1.69 bits per heavy atom. The molecular formula is C25H31Cl2N3O4S. The van der Waals surface area contributed by atoms with E-state index in [-0.39, 0.29) is 18.5 Å². The first-order valence-corrected chi connectivity index (χ1v) is 14.1. The first-order valence-electron chi connectivity index (χ1n) is 11.5. The second kappa shape index (κ2) is 11.6. The molecule has 1 saturated carbocycles. The zero-order chi connectivity index (χ0) is 25.8. The molecule has 1 aliphatic carbocycles.